The fourth-order valence-electron chi connectivity index (χ4n) is 5.19. The number of rotatable bonds is 6. The van der Waals surface area contributed by atoms with E-state index < -0.39 is 6.04 Å². The number of hydrogen-bond donors (Lipinski definition) is 2. The highest BCUT2D eigenvalue weighted by atomic mass is 16.2. The van der Waals surface area contributed by atoms with E-state index in [9.17, 15) is 14.4 Å². The van der Waals surface area contributed by atoms with Crippen LogP contribution in [0.5, 0.6) is 0 Å². The second-order valence-corrected chi connectivity index (χ2v) is 9.51. The lowest BCUT2D eigenvalue weighted by molar-refractivity contribution is -0.139. The number of carbonyl (C=O) groups is 3. The molecular weight excluding hydrogens is 432 g/mol. The molecule has 0 radical (unpaired) electrons. The zero-order valence-electron chi connectivity index (χ0n) is 20.5. The second-order valence-electron chi connectivity index (χ2n) is 9.51. The van der Waals surface area contributed by atoms with E-state index in [0.29, 0.717) is 31.7 Å². The molecule has 1 atom stereocenters. The summed E-state index contributed by atoms with van der Waals surface area (Å²) in [6, 6.07) is 5.12. The zero-order valence-corrected chi connectivity index (χ0v) is 20.5. The first kappa shape index (κ1) is 24.2. The molecule has 2 N–H and O–H groups in total. The Labute approximate surface area is 200 Å². The van der Waals surface area contributed by atoms with Crippen LogP contribution < -0.4 is 10.6 Å². The highest BCUT2D eigenvalue weighted by Crippen LogP contribution is 2.28. The minimum absolute atomic E-state index is 0.0183. The summed E-state index contributed by atoms with van der Waals surface area (Å²) in [6.45, 7) is 4.05. The minimum Gasteiger partial charge on any atom is -0.343 e. The van der Waals surface area contributed by atoms with Crippen LogP contribution in [0.25, 0.3) is 11.0 Å². The van der Waals surface area contributed by atoms with Crippen molar-refractivity contribution in [3.8, 4) is 0 Å². The molecule has 0 bridgehead atoms. The lowest BCUT2D eigenvalue weighted by Crippen LogP contribution is -2.58. The standard InChI is InChI=1S/C25H36N6O3/c1-17-27-20-10-9-19(15-21(20)29(17)3)24(33)30-11-13-31(14-12-30)25(34)23(28-22(32)16-26-2)18-7-5-4-6-8-18/h9-10,15,18,23,26H,4-8,11-14,16H2,1-3H3,(H,28,32). The Bertz CT molecular complexity index is 1050. The highest BCUT2D eigenvalue weighted by molar-refractivity contribution is 5.97. The molecular formula is C25H36N6O3. The second kappa shape index (κ2) is 10.5. The van der Waals surface area contributed by atoms with Gasteiger partial charge in [0.2, 0.25) is 11.8 Å². The molecule has 9 heteroatoms. The van der Waals surface area contributed by atoms with E-state index in [1.165, 1.54) is 6.42 Å². The maximum atomic E-state index is 13.4. The van der Waals surface area contributed by atoms with E-state index in [2.05, 4.69) is 15.6 Å². The normalized spacial score (nSPS) is 18.2. The number of nitrogens with one attached hydrogen (secondary N) is 2. The number of carbonyl (C=O) groups excluding carboxylic acids is 3. The summed E-state index contributed by atoms with van der Waals surface area (Å²) in [6.07, 6.45) is 5.31. The van der Waals surface area contributed by atoms with Crippen LogP contribution in [0.3, 0.4) is 0 Å². The summed E-state index contributed by atoms with van der Waals surface area (Å²) >= 11 is 0. The summed E-state index contributed by atoms with van der Waals surface area (Å²) in [5.74, 6) is 0.882. The van der Waals surface area contributed by atoms with Crippen molar-refractivity contribution in [1.29, 1.82) is 0 Å². The largest absolute Gasteiger partial charge is 0.343 e. The molecule has 1 aromatic carbocycles. The molecule has 1 saturated heterocycles. The van der Waals surface area contributed by atoms with E-state index in [4.69, 9.17) is 0 Å². The molecule has 34 heavy (non-hydrogen) atoms. The molecule has 2 fully saturated rings. The van der Waals surface area contributed by atoms with Gasteiger partial charge >= 0.3 is 0 Å². The van der Waals surface area contributed by atoms with E-state index in [1.54, 1.807) is 7.05 Å². The number of nitrogens with zero attached hydrogens (tertiary/aromatic N) is 4. The predicted octanol–water partition coefficient (Wildman–Crippen LogP) is 1.45. The van der Waals surface area contributed by atoms with Crippen molar-refractivity contribution >= 4 is 28.8 Å². The van der Waals surface area contributed by atoms with Crippen molar-refractivity contribution in [2.45, 2.75) is 45.1 Å². The monoisotopic (exact) mass is 468 g/mol. The van der Waals surface area contributed by atoms with Crippen LogP contribution in [0.15, 0.2) is 18.2 Å². The van der Waals surface area contributed by atoms with Crippen molar-refractivity contribution in [2.75, 3.05) is 39.8 Å². The van der Waals surface area contributed by atoms with Crippen molar-refractivity contribution in [1.82, 2.24) is 30.0 Å². The Morgan fingerprint density at radius 2 is 1.74 bits per heavy atom. The van der Waals surface area contributed by atoms with Gasteiger partial charge in [-0.05, 0) is 50.9 Å². The van der Waals surface area contributed by atoms with Crippen LogP contribution in [-0.2, 0) is 16.6 Å². The topological polar surface area (TPSA) is 99.6 Å². The number of fused-ring (bicyclic) bond motifs is 1. The average Bonchev–Trinajstić information content (AvgIpc) is 3.15. The highest BCUT2D eigenvalue weighted by Gasteiger charge is 2.35. The quantitative estimate of drug-likeness (QED) is 0.669. The number of aromatic nitrogens is 2. The summed E-state index contributed by atoms with van der Waals surface area (Å²) in [5.41, 5.74) is 2.44. The number of amides is 3. The molecule has 1 aromatic heterocycles. The van der Waals surface area contributed by atoms with Crippen LogP contribution in [0.4, 0.5) is 0 Å². The SMILES string of the molecule is CNCC(=O)NC(C(=O)N1CCN(C(=O)c2ccc3nc(C)n(C)c3c2)CC1)C1CCCCC1. The maximum Gasteiger partial charge on any atom is 0.254 e. The zero-order chi connectivity index (χ0) is 24.2. The fourth-order valence-corrected chi connectivity index (χ4v) is 5.19. The number of benzene rings is 1. The van der Waals surface area contributed by atoms with Gasteiger partial charge in [0.1, 0.15) is 11.9 Å². The van der Waals surface area contributed by atoms with E-state index in [0.717, 1.165) is 42.5 Å². The number of imidazole rings is 1. The first-order valence-corrected chi connectivity index (χ1v) is 12.3. The van der Waals surface area contributed by atoms with Gasteiger partial charge in [-0.3, -0.25) is 14.4 Å². The average molecular weight is 469 g/mol. The van der Waals surface area contributed by atoms with Crippen molar-refractivity contribution in [3.05, 3.63) is 29.6 Å². The Morgan fingerprint density at radius 1 is 1.06 bits per heavy atom. The maximum absolute atomic E-state index is 13.4. The number of likely N-dealkylation sites (N-methyl/N-ethyl adjacent to an activating group) is 1. The molecule has 9 nitrogen and oxygen atoms in total. The molecule has 4 rings (SSSR count). The van der Waals surface area contributed by atoms with Gasteiger partial charge in [0, 0.05) is 38.8 Å². The molecule has 1 aliphatic carbocycles. The molecule has 0 spiro atoms. The molecule has 184 valence electrons. The molecule has 1 unspecified atom stereocenters. The lowest BCUT2D eigenvalue weighted by Gasteiger charge is -2.39. The molecule has 2 aliphatic rings. The van der Waals surface area contributed by atoms with Crippen molar-refractivity contribution < 1.29 is 14.4 Å². The van der Waals surface area contributed by atoms with Crippen LogP contribution in [0.2, 0.25) is 0 Å². The molecule has 1 saturated carbocycles. The van der Waals surface area contributed by atoms with Gasteiger partial charge in [0.15, 0.2) is 0 Å². The predicted molar refractivity (Wildman–Crippen MR) is 130 cm³/mol. The Balaban J connectivity index is 1.41. The third kappa shape index (κ3) is 5.09. The Kier molecular flexibility index (Phi) is 7.50. The van der Waals surface area contributed by atoms with Gasteiger partial charge in [-0.1, -0.05) is 19.3 Å². The summed E-state index contributed by atoms with van der Waals surface area (Å²) in [7, 11) is 3.67. The molecule has 2 heterocycles. The molecule has 1 aliphatic heterocycles. The van der Waals surface area contributed by atoms with Crippen LogP contribution >= 0.6 is 0 Å². The smallest absolute Gasteiger partial charge is 0.254 e. The van der Waals surface area contributed by atoms with Crippen molar-refractivity contribution in [2.24, 2.45) is 13.0 Å². The fraction of sp³-hybridized carbons (Fsp3) is 0.600. The third-order valence-corrected chi connectivity index (χ3v) is 7.27. The van der Waals surface area contributed by atoms with Gasteiger partial charge in [-0.25, -0.2) is 4.98 Å². The van der Waals surface area contributed by atoms with Crippen LogP contribution in [0.1, 0.15) is 48.3 Å². The molecule has 2 aromatic rings. The first-order chi connectivity index (χ1) is 16.4. The van der Waals surface area contributed by atoms with Gasteiger partial charge in [-0.15, -0.1) is 0 Å². The van der Waals surface area contributed by atoms with E-state index >= 15 is 0 Å². The Morgan fingerprint density at radius 3 is 2.41 bits per heavy atom. The van der Waals surface area contributed by atoms with Gasteiger partial charge in [0.05, 0.1) is 17.6 Å². The minimum atomic E-state index is -0.487. The third-order valence-electron chi connectivity index (χ3n) is 7.27. The lowest BCUT2D eigenvalue weighted by atomic mass is 9.83. The van der Waals surface area contributed by atoms with Gasteiger partial charge in [-0.2, -0.15) is 0 Å². The van der Waals surface area contributed by atoms with Crippen LogP contribution in [0, 0.1) is 12.8 Å². The summed E-state index contributed by atoms with van der Waals surface area (Å²) in [4.78, 5) is 47.0. The molecule has 3 amide bonds. The van der Waals surface area contributed by atoms with E-state index in [1.807, 2.05) is 46.5 Å². The van der Waals surface area contributed by atoms with Gasteiger partial charge < -0.3 is 25.0 Å². The summed E-state index contributed by atoms with van der Waals surface area (Å²) < 4.78 is 1.98. The van der Waals surface area contributed by atoms with Crippen molar-refractivity contribution in [3.63, 3.8) is 0 Å². The van der Waals surface area contributed by atoms with E-state index in [-0.39, 0.29) is 30.2 Å². The summed E-state index contributed by atoms with van der Waals surface area (Å²) in [5, 5.41) is 5.84. The van der Waals surface area contributed by atoms with Crippen LogP contribution in [-0.4, -0.2) is 82.9 Å². The number of aryl methyl sites for hydroxylation is 2. The number of hydrogen-bond acceptors (Lipinski definition) is 5. The number of piperazine rings is 1. The Hall–Kier alpha value is -2.94. The first-order valence-electron chi connectivity index (χ1n) is 12.3. The van der Waals surface area contributed by atoms with Gasteiger partial charge in [0.25, 0.3) is 5.91 Å².